The molecule has 5 nitrogen and oxygen atoms in total. The average molecular weight is 481 g/mol. The lowest BCUT2D eigenvalue weighted by Gasteiger charge is -2.34. The summed E-state index contributed by atoms with van der Waals surface area (Å²) in [4.78, 5) is 40.7. The largest absolute Gasteiger partial charge is 0.337 e. The molecule has 1 aromatic heterocycles. The van der Waals surface area contributed by atoms with Crippen molar-refractivity contribution >= 4 is 40.0 Å². The third-order valence-corrected chi connectivity index (χ3v) is 7.64. The molecule has 1 saturated carbocycles. The standard InChI is InChI=1S/C27H26ClFN2O3/c1-16(32)21-14-30(23-8-3-2-6-20(21)23)15-25(34)31-19-11-9-18(13-19)27(31)24(33)12-10-17-5-4-7-22(28)26(17)29/h2-8,14,18-19,27H,9-13,15H2,1H3/t18-,19+,27-/m0/s1. The molecule has 2 fully saturated rings. The number of likely N-dealkylation sites (tertiary alicyclic amines) is 1. The molecule has 2 heterocycles. The molecule has 0 N–H and O–H groups in total. The van der Waals surface area contributed by atoms with Crippen molar-refractivity contribution in [3.05, 3.63) is 70.6 Å². The second-order valence-corrected chi connectivity index (χ2v) is 9.80. The van der Waals surface area contributed by atoms with Crippen molar-refractivity contribution in [1.29, 1.82) is 0 Å². The zero-order valence-electron chi connectivity index (χ0n) is 19.0. The molecule has 2 aromatic carbocycles. The lowest BCUT2D eigenvalue weighted by atomic mass is 9.91. The van der Waals surface area contributed by atoms with Crippen molar-refractivity contribution in [2.75, 3.05) is 0 Å². The van der Waals surface area contributed by atoms with Crippen LogP contribution in [0.5, 0.6) is 0 Å². The molecule has 3 aromatic rings. The second kappa shape index (κ2) is 8.99. The van der Waals surface area contributed by atoms with E-state index in [0.29, 0.717) is 11.1 Å². The molecule has 176 valence electrons. The van der Waals surface area contributed by atoms with E-state index in [1.807, 2.05) is 28.8 Å². The van der Waals surface area contributed by atoms with E-state index in [4.69, 9.17) is 11.6 Å². The molecular formula is C27H26ClFN2O3. The van der Waals surface area contributed by atoms with Gasteiger partial charge in [0.25, 0.3) is 0 Å². The Hall–Kier alpha value is -2.99. The van der Waals surface area contributed by atoms with Gasteiger partial charge in [0, 0.05) is 35.1 Å². The summed E-state index contributed by atoms with van der Waals surface area (Å²) in [5.74, 6) is -0.528. The number of piperidine rings is 1. The zero-order valence-corrected chi connectivity index (χ0v) is 19.7. The average Bonchev–Trinajstić information content (AvgIpc) is 3.53. The first-order chi connectivity index (χ1) is 16.3. The van der Waals surface area contributed by atoms with Gasteiger partial charge in [-0.25, -0.2) is 4.39 Å². The van der Waals surface area contributed by atoms with Gasteiger partial charge in [-0.05, 0) is 56.2 Å². The van der Waals surface area contributed by atoms with Crippen molar-refractivity contribution in [2.24, 2.45) is 5.92 Å². The van der Waals surface area contributed by atoms with Crippen LogP contribution in [-0.4, -0.2) is 39.0 Å². The summed E-state index contributed by atoms with van der Waals surface area (Å²) in [6, 6.07) is 11.9. The highest BCUT2D eigenvalue weighted by Gasteiger charge is 2.50. The number of aryl methyl sites for hydroxylation is 1. The predicted octanol–water partition coefficient (Wildman–Crippen LogP) is 5.22. The van der Waals surface area contributed by atoms with Gasteiger partial charge in [-0.3, -0.25) is 14.4 Å². The molecule has 1 aliphatic carbocycles. The van der Waals surface area contributed by atoms with Gasteiger partial charge in [0.15, 0.2) is 11.6 Å². The maximum absolute atomic E-state index is 14.3. The first-order valence-corrected chi connectivity index (χ1v) is 12.1. The van der Waals surface area contributed by atoms with Crippen LogP contribution in [0.2, 0.25) is 5.02 Å². The first-order valence-electron chi connectivity index (χ1n) is 11.7. The number of carbonyl (C=O) groups is 3. The Labute approximate surface area is 202 Å². The van der Waals surface area contributed by atoms with Gasteiger partial charge in [0.05, 0.1) is 11.1 Å². The summed E-state index contributed by atoms with van der Waals surface area (Å²) in [5, 5.41) is 0.868. The maximum atomic E-state index is 14.3. The molecule has 34 heavy (non-hydrogen) atoms. The Morgan fingerprint density at radius 3 is 2.68 bits per heavy atom. The van der Waals surface area contributed by atoms with Gasteiger partial charge < -0.3 is 9.47 Å². The van der Waals surface area contributed by atoms with E-state index in [9.17, 15) is 18.8 Å². The number of benzene rings is 2. The molecule has 1 saturated heterocycles. The summed E-state index contributed by atoms with van der Waals surface area (Å²) in [5.41, 5.74) is 1.82. The molecule has 2 bridgehead atoms. The number of halogens is 2. The monoisotopic (exact) mass is 480 g/mol. The Morgan fingerprint density at radius 2 is 1.88 bits per heavy atom. The summed E-state index contributed by atoms with van der Waals surface area (Å²) in [6.07, 6.45) is 4.81. The van der Waals surface area contributed by atoms with E-state index in [0.717, 1.165) is 30.2 Å². The van der Waals surface area contributed by atoms with Crippen LogP contribution >= 0.6 is 11.6 Å². The zero-order chi connectivity index (χ0) is 24.0. The molecule has 0 radical (unpaired) electrons. The summed E-state index contributed by atoms with van der Waals surface area (Å²) >= 11 is 5.88. The fraction of sp³-hybridized carbons (Fsp3) is 0.370. The summed E-state index contributed by atoms with van der Waals surface area (Å²) < 4.78 is 16.1. The van der Waals surface area contributed by atoms with Gasteiger partial charge in [-0.15, -0.1) is 0 Å². The van der Waals surface area contributed by atoms with E-state index >= 15 is 0 Å². The Morgan fingerprint density at radius 1 is 1.09 bits per heavy atom. The van der Waals surface area contributed by atoms with Crippen molar-refractivity contribution in [2.45, 2.75) is 57.7 Å². The fourth-order valence-electron chi connectivity index (χ4n) is 5.79. The van der Waals surface area contributed by atoms with Gasteiger partial charge in [0.2, 0.25) is 5.91 Å². The minimum Gasteiger partial charge on any atom is -0.337 e. The number of Topliss-reactive ketones (excluding diaryl/α,β-unsaturated/α-hetero) is 2. The highest BCUT2D eigenvalue weighted by molar-refractivity contribution is 6.30. The number of para-hydroxylation sites is 1. The number of carbonyl (C=O) groups excluding carboxylic acids is 3. The second-order valence-electron chi connectivity index (χ2n) is 9.40. The lowest BCUT2D eigenvalue weighted by molar-refractivity contribution is -0.142. The molecule has 1 amide bonds. The van der Waals surface area contributed by atoms with Gasteiger partial charge in [0.1, 0.15) is 12.4 Å². The summed E-state index contributed by atoms with van der Waals surface area (Å²) in [7, 11) is 0. The lowest BCUT2D eigenvalue weighted by Crippen LogP contribution is -2.50. The molecule has 7 heteroatoms. The van der Waals surface area contributed by atoms with Gasteiger partial charge in [-0.1, -0.05) is 41.9 Å². The maximum Gasteiger partial charge on any atom is 0.243 e. The van der Waals surface area contributed by atoms with Crippen LogP contribution in [0, 0.1) is 11.7 Å². The number of ketones is 2. The number of fused-ring (bicyclic) bond motifs is 3. The normalized spacial score (nSPS) is 21.4. The molecule has 1 aliphatic heterocycles. The van der Waals surface area contributed by atoms with Crippen molar-refractivity contribution in [3.63, 3.8) is 0 Å². The first kappa shape index (κ1) is 22.8. The number of nitrogens with zero attached hydrogens (tertiary/aromatic N) is 2. The van der Waals surface area contributed by atoms with E-state index in [1.165, 1.54) is 13.0 Å². The van der Waals surface area contributed by atoms with Crippen LogP contribution in [0.1, 0.15) is 48.5 Å². The van der Waals surface area contributed by atoms with E-state index in [2.05, 4.69) is 0 Å². The third-order valence-electron chi connectivity index (χ3n) is 7.35. The van der Waals surface area contributed by atoms with E-state index in [1.54, 1.807) is 23.2 Å². The predicted molar refractivity (Wildman–Crippen MR) is 128 cm³/mol. The minimum absolute atomic E-state index is 0.0262. The Kier molecular flexibility index (Phi) is 6.02. The topological polar surface area (TPSA) is 59.4 Å². The quantitative estimate of drug-likeness (QED) is 0.436. The number of rotatable bonds is 7. The highest BCUT2D eigenvalue weighted by Crippen LogP contribution is 2.43. The Bertz CT molecular complexity index is 1300. The van der Waals surface area contributed by atoms with Crippen molar-refractivity contribution in [3.8, 4) is 0 Å². The summed E-state index contributed by atoms with van der Waals surface area (Å²) in [6.45, 7) is 1.59. The number of hydrogen-bond donors (Lipinski definition) is 0. The van der Waals surface area contributed by atoms with Gasteiger partial charge in [-0.2, -0.15) is 0 Å². The Balaban J connectivity index is 1.36. The van der Waals surface area contributed by atoms with E-state index in [-0.39, 0.29) is 53.8 Å². The van der Waals surface area contributed by atoms with Crippen LogP contribution < -0.4 is 0 Å². The SMILES string of the molecule is CC(=O)c1cn(CC(=O)N2[C@@H]3CC[C@@H](C3)[C@H]2C(=O)CCc2cccc(Cl)c2F)c2ccccc12. The molecule has 2 aliphatic rings. The number of hydrogen-bond acceptors (Lipinski definition) is 3. The third kappa shape index (κ3) is 3.94. The van der Waals surface area contributed by atoms with Crippen LogP contribution in [0.25, 0.3) is 10.9 Å². The molecule has 3 atom stereocenters. The van der Waals surface area contributed by atoms with Crippen molar-refractivity contribution < 1.29 is 18.8 Å². The van der Waals surface area contributed by atoms with Crippen LogP contribution in [0.3, 0.4) is 0 Å². The van der Waals surface area contributed by atoms with Crippen molar-refractivity contribution in [1.82, 2.24) is 9.47 Å². The van der Waals surface area contributed by atoms with Crippen LogP contribution in [0.15, 0.2) is 48.7 Å². The highest BCUT2D eigenvalue weighted by atomic mass is 35.5. The van der Waals surface area contributed by atoms with Crippen LogP contribution in [-0.2, 0) is 22.6 Å². The van der Waals surface area contributed by atoms with E-state index < -0.39 is 11.9 Å². The van der Waals surface area contributed by atoms with Gasteiger partial charge >= 0.3 is 0 Å². The van der Waals surface area contributed by atoms with Crippen LogP contribution in [0.4, 0.5) is 4.39 Å². The molecule has 0 unspecified atom stereocenters. The number of aromatic nitrogens is 1. The minimum atomic E-state index is -0.487. The smallest absolute Gasteiger partial charge is 0.243 e. The number of amides is 1. The molecule has 5 rings (SSSR count). The molecule has 0 spiro atoms. The molecular weight excluding hydrogens is 455 g/mol. The fourth-order valence-corrected chi connectivity index (χ4v) is 5.99.